The zero-order valence-electron chi connectivity index (χ0n) is 17.8. The van der Waals surface area contributed by atoms with E-state index in [9.17, 15) is 4.79 Å². The van der Waals surface area contributed by atoms with Gasteiger partial charge in [-0.3, -0.25) is 4.79 Å². The van der Waals surface area contributed by atoms with Crippen molar-refractivity contribution in [1.82, 2.24) is 25.1 Å². The van der Waals surface area contributed by atoms with Crippen LogP contribution in [0.2, 0.25) is 0 Å². The maximum Gasteiger partial charge on any atom is 0.225 e. The first-order valence-corrected chi connectivity index (χ1v) is 10.4. The zero-order valence-corrected chi connectivity index (χ0v) is 17.8. The summed E-state index contributed by atoms with van der Waals surface area (Å²) in [7, 11) is 0. The molecule has 7 heteroatoms. The molecule has 0 saturated carbocycles. The van der Waals surface area contributed by atoms with Gasteiger partial charge in [0, 0.05) is 31.4 Å². The van der Waals surface area contributed by atoms with Crippen molar-refractivity contribution < 1.29 is 4.79 Å². The minimum atomic E-state index is -0.0451. The lowest BCUT2D eigenvalue weighted by Gasteiger charge is -2.33. The van der Waals surface area contributed by atoms with Crippen LogP contribution in [0.1, 0.15) is 35.4 Å². The fraction of sp³-hybridized carbons (Fsp3) is 0.391. The quantitative estimate of drug-likeness (QED) is 0.707. The first-order valence-electron chi connectivity index (χ1n) is 10.4. The van der Waals surface area contributed by atoms with E-state index in [1.165, 1.54) is 5.56 Å². The van der Waals surface area contributed by atoms with E-state index in [2.05, 4.69) is 56.5 Å². The number of carbonyl (C=O) groups excluding carboxylic acids is 1. The number of hydrogen-bond acceptors (Lipinski definition) is 5. The van der Waals surface area contributed by atoms with Crippen LogP contribution in [0.15, 0.2) is 42.7 Å². The van der Waals surface area contributed by atoms with Gasteiger partial charge in [-0.05, 0) is 45.2 Å². The van der Waals surface area contributed by atoms with Gasteiger partial charge in [0.1, 0.15) is 12.1 Å². The van der Waals surface area contributed by atoms with Crippen molar-refractivity contribution in [2.24, 2.45) is 5.92 Å². The molecule has 1 amide bonds. The summed E-state index contributed by atoms with van der Waals surface area (Å²) in [6, 6.07) is 12.2. The minimum absolute atomic E-state index is 0.0451. The van der Waals surface area contributed by atoms with E-state index in [4.69, 9.17) is 0 Å². The van der Waals surface area contributed by atoms with Crippen molar-refractivity contribution in [1.29, 1.82) is 0 Å². The molecule has 1 fully saturated rings. The van der Waals surface area contributed by atoms with Gasteiger partial charge in [0.2, 0.25) is 5.91 Å². The molecule has 0 radical (unpaired) electrons. The monoisotopic (exact) mass is 404 g/mol. The minimum Gasteiger partial charge on any atom is -0.356 e. The number of hydrogen-bond donors (Lipinski definition) is 1. The summed E-state index contributed by atoms with van der Waals surface area (Å²) in [4.78, 5) is 23.8. The van der Waals surface area contributed by atoms with Crippen LogP contribution in [0.25, 0.3) is 5.82 Å². The highest BCUT2D eigenvalue weighted by molar-refractivity contribution is 5.79. The predicted octanol–water partition coefficient (Wildman–Crippen LogP) is 3.12. The van der Waals surface area contributed by atoms with Gasteiger partial charge in [-0.2, -0.15) is 5.10 Å². The van der Waals surface area contributed by atoms with Crippen molar-refractivity contribution in [2.45, 2.75) is 40.2 Å². The number of amides is 1. The summed E-state index contributed by atoms with van der Waals surface area (Å²) in [6.07, 6.45) is 3.43. The molecule has 3 heterocycles. The van der Waals surface area contributed by atoms with Crippen LogP contribution in [0.5, 0.6) is 0 Å². The third-order valence-corrected chi connectivity index (χ3v) is 5.57. The summed E-state index contributed by atoms with van der Waals surface area (Å²) in [6.45, 7) is 8.15. The van der Waals surface area contributed by atoms with Crippen LogP contribution in [0, 0.1) is 26.7 Å². The molecule has 0 spiro atoms. The van der Waals surface area contributed by atoms with Crippen molar-refractivity contribution >= 4 is 11.7 Å². The van der Waals surface area contributed by atoms with Crippen LogP contribution in [-0.4, -0.2) is 38.7 Å². The Labute approximate surface area is 177 Å². The standard InChI is InChI=1S/C23H28N6O/c1-16-6-8-19(9-7-16)13-24-23(30)20-5-4-10-28(14-20)21-12-22(26-15-25-21)29-18(3)11-17(2)27-29/h6-9,11-12,15,20H,4-5,10,13-14H2,1-3H3,(H,24,30). The van der Waals surface area contributed by atoms with Crippen LogP contribution in [0.3, 0.4) is 0 Å². The molecule has 30 heavy (non-hydrogen) atoms. The first-order chi connectivity index (χ1) is 14.5. The van der Waals surface area contributed by atoms with Gasteiger partial charge in [0.15, 0.2) is 5.82 Å². The highest BCUT2D eigenvalue weighted by Gasteiger charge is 2.26. The molecule has 3 aromatic rings. The molecule has 1 atom stereocenters. The Morgan fingerprint density at radius 3 is 2.60 bits per heavy atom. The number of benzene rings is 1. The largest absolute Gasteiger partial charge is 0.356 e. The number of aryl methyl sites for hydroxylation is 3. The fourth-order valence-corrected chi connectivity index (χ4v) is 3.93. The maximum absolute atomic E-state index is 12.8. The summed E-state index contributed by atoms with van der Waals surface area (Å²) >= 11 is 0. The molecule has 1 aromatic carbocycles. The lowest BCUT2D eigenvalue weighted by atomic mass is 9.97. The Hall–Kier alpha value is -3.22. The zero-order chi connectivity index (χ0) is 21.1. The molecular weight excluding hydrogens is 376 g/mol. The number of nitrogens with zero attached hydrogens (tertiary/aromatic N) is 5. The maximum atomic E-state index is 12.8. The summed E-state index contributed by atoms with van der Waals surface area (Å²) in [5, 5.41) is 7.61. The molecule has 1 saturated heterocycles. The Balaban J connectivity index is 1.42. The smallest absolute Gasteiger partial charge is 0.225 e. The molecule has 1 aliphatic rings. The molecule has 7 nitrogen and oxygen atoms in total. The summed E-state index contributed by atoms with van der Waals surface area (Å²) < 4.78 is 1.83. The molecule has 1 aliphatic heterocycles. The number of anilines is 1. The van der Waals surface area contributed by atoms with Gasteiger partial charge in [0.05, 0.1) is 11.6 Å². The molecule has 1 unspecified atom stereocenters. The Morgan fingerprint density at radius 2 is 1.87 bits per heavy atom. The molecule has 1 N–H and O–H groups in total. The number of carbonyl (C=O) groups is 1. The van der Waals surface area contributed by atoms with Crippen molar-refractivity contribution in [3.8, 4) is 5.82 Å². The Bertz CT molecular complexity index is 1030. The van der Waals surface area contributed by atoms with Crippen molar-refractivity contribution in [2.75, 3.05) is 18.0 Å². The van der Waals surface area contributed by atoms with E-state index in [1.807, 2.05) is 30.7 Å². The third kappa shape index (κ3) is 4.50. The average Bonchev–Trinajstić information content (AvgIpc) is 3.11. The van der Waals surface area contributed by atoms with E-state index >= 15 is 0 Å². The second-order valence-electron chi connectivity index (χ2n) is 8.06. The van der Waals surface area contributed by atoms with Gasteiger partial charge in [-0.1, -0.05) is 29.8 Å². The Kier molecular flexibility index (Phi) is 5.79. The van der Waals surface area contributed by atoms with Crippen LogP contribution in [-0.2, 0) is 11.3 Å². The van der Waals surface area contributed by atoms with Crippen LogP contribution >= 0.6 is 0 Å². The van der Waals surface area contributed by atoms with Crippen molar-refractivity contribution in [3.63, 3.8) is 0 Å². The van der Waals surface area contributed by atoms with E-state index in [-0.39, 0.29) is 11.8 Å². The number of rotatable bonds is 5. The van der Waals surface area contributed by atoms with E-state index in [0.717, 1.165) is 48.0 Å². The van der Waals surface area contributed by atoms with Gasteiger partial charge < -0.3 is 10.2 Å². The van der Waals surface area contributed by atoms with Gasteiger partial charge in [0.25, 0.3) is 0 Å². The van der Waals surface area contributed by atoms with E-state index in [1.54, 1.807) is 6.33 Å². The van der Waals surface area contributed by atoms with E-state index < -0.39 is 0 Å². The number of aromatic nitrogens is 4. The topological polar surface area (TPSA) is 75.9 Å². The van der Waals surface area contributed by atoms with Crippen LogP contribution < -0.4 is 10.2 Å². The summed E-state index contributed by atoms with van der Waals surface area (Å²) in [5.74, 6) is 1.64. The van der Waals surface area contributed by atoms with Gasteiger partial charge in [-0.15, -0.1) is 0 Å². The fourth-order valence-electron chi connectivity index (χ4n) is 3.93. The Morgan fingerprint density at radius 1 is 1.10 bits per heavy atom. The van der Waals surface area contributed by atoms with Gasteiger partial charge >= 0.3 is 0 Å². The van der Waals surface area contributed by atoms with Crippen molar-refractivity contribution in [3.05, 3.63) is 65.2 Å². The predicted molar refractivity (Wildman–Crippen MR) is 117 cm³/mol. The molecule has 2 aromatic heterocycles. The lowest BCUT2D eigenvalue weighted by molar-refractivity contribution is -0.125. The lowest BCUT2D eigenvalue weighted by Crippen LogP contribution is -2.43. The third-order valence-electron chi connectivity index (χ3n) is 5.57. The van der Waals surface area contributed by atoms with E-state index in [0.29, 0.717) is 13.1 Å². The molecule has 0 bridgehead atoms. The molecule has 4 rings (SSSR count). The first kappa shape index (κ1) is 20.1. The number of nitrogens with one attached hydrogen (secondary N) is 1. The highest BCUT2D eigenvalue weighted by atomic mass is 16.1. The summed E-state index contributed by atoms with van der Waals surface area (Å²) in [5.41, 5.74) is 4.32. The molecular formula is C23H28N6O. The highest BCUT2D eigenvalue weighted by Crippen LogP contribution is 2.23. The SMILES string of the molecule is Cc1ccc(CNC(=O)C2CCCN(c3cc(-n4nc(C)cc4C)ncn3)C2)cc1. The van der Waals surface area contributed by atoms with Crippen LogP contribution in [0.4, 0.5) is 5.82 Å². The number of piperidine rings is 1. The van der Waals surface area contributed by atoms with Gasteiger partial charge in [-0.25, -0.2) is 14.6 Å². The normalized spacial score (nSPS) is 16.5. The molecule has 0 aliphatic carbocycles. The second kappa shape index (κ2) is 8.65. The second-order valence-corrected chi connectivity index (χ2v) is 8.06. The molecule has 156 valence electrons. The average molecular weight is 405 g/mol.